The molecule has 0 fully saturated rings. The van der Waals surface area contributed by atoms with Crippen LogP contribution in [0.2, 0.25) is 0 Å². The quantitative estimate of drug-likeness (QED) is 0.725. The summed E-state index contributed by atoms with van der Waals surface area (Å²) in [6, 6.07) is 17.4. The van der Waals surface area contributed by atoms with E-state index in [1.807, 2.05) is 55.6 Å². The molecule has 0 bridgehead atoms. The van der Waals surface area contributed by atoms with Crippen molar-refractivity contribution < 1.29 is 9.90 Å². The first-order chi connectivity index (χ1) is 13.6. The summed E-state index contributed by atoms with van der Waals surface area (Å²) in [4.78, 5) is 18.6. The summed E-state index contributed by atoms with van der Waals surface area (Å²) in [6.45, 7) is 0.547. The minimum atomic E-state index is -0.820. The highest BCUT2D eigenvalue weighted by Gasteiger charge is 2.30. The molecule has 0 radical (unpaired) electrons. The second-order valence-electron chi connectivity index (χ2n) is 7.02. The lowest BCUT2D eigenvalue weighted by molar-refractivity contribution is 0.0819. The lowest BCUT2D eigenvalue weighted by atomic mass is 10.1. The Labute approximate surface area is 163 Å². The van der Waals surface area contributed by atoms with Crippen LogP contribution in [0, 0.1) is 0 Å². The SMILES string of the molecule is CN1c2ccccc2CC[C@H](NC(=O)c2ncn(Cc3ccccc3)n2)C1O. The van der Waals surface area contributed by atoms with Crippen LogP contribution in [0.3, 0.4) is 0 Å². The van der Waals surface area contributed by atoms with E-state index in [9.17, 15) is 9.90 Å². The van der Waals surface area contributed by atoms with Gasteiger partial charge in [0.2, 0.25) is 5.82 Å². The van der Waals surface area contributed by atoms with Gasteiger partial charge in [-0.1, -0.05) is 48.5 Å². The Morgan fingerprint density at radius 2 is 1.93 bits per heavy atom. The van der Waals surface area contributed by atoms with Crippen LogP contribution in [0.25, 0.3) is 0 Å². The number of nitrogens with zero attached hydrogens (tertiary/aromatic N) is 4. The molecule has 1 aromatic heterocycles. The van der Waals surface area contributed by atoms with Gasteiger partial charge in [-0.3, -0.25) is 4.79 Å². The van der Waals surface area contributed by atoms with Crippen LogP contribution in [0.15, 0.2) is 60.9 Å². The number of rotatable bonds is 4. The Morgan fingerprint density at radius 3 is 2.75 bits per heavy atom. The number of aliphatic hydroxyl groups is 1. The number of likely N-dealkylation sites (N-methyl/N-ethyl adjacent to an activating group) is 1. The van der Waals surface area contributed by atoms with Crippen LogP contribution in [-0.2, 0) is 13.0 Å². The second kappa shape index (κ2) is 7.82. The van der Waals surface area contributed by atoms with Gasteiger partial charge in [0.25, 0.3) is 5.91 Å². The molecule has 1 unspecified atom stereocenters. The minimum absolute atomic E-state index is 0.104. The predicted octanol–water partition coefficient (Wildman–Crippen LogP) is 1.83. The van der Waals surface area contributed by atoms with Gasteiger partial charge < -0.3 is 15.3 Å². The molecule has 4 rings (SSSR count). The molecule has 7 nitrogen and oxygen atoms in total. The first kappa shape index (κ1) is 18.2. The maximum absolute atomic E-state index is 12.6. The van der Waals surface area contributed by atoms with Crippen molar-refractivity contribution in [3.05, 3.63) is 77.9 Å². The van der Waals surface area contributed by atoms with Gasteiger partial charge in [0.05, 0.1) is 12.6 Å². The molecule has 1 amide bonds. The molecule has 28 heavy (non-hydrogen) atoms. The highest BCUT2D eigenvalue weighted by molar-refractivity contribution is 5.90. The molecule has 144 valence electrons. The van der Waals surface area contributed by atoms with E-state index in [4.69, 9.17) is 0 Å². The predicted molar refractivity (Wildman–Crippen MR) is 106 cm³/mol. The number of nitrogens with one attached hydrogen (secondary N) is 1. The van der Waals surface area contributed by atoms with Crippen molar-refractivity contribution in [3.8, 4) is 0 Å². The van der Waals surface area contributed by atoms with Gasteiger partial charge in [-0.05, 0) is 30.0 Å². The molecule has 1 aliphatic rings. The van der Waals surface area contributed by atoms with Gasteiger partial charge in [0.1, 0.15) is 12.6 Å². The normalized spacial score (nSPS) is 19.0. The number of carbonyl (C=O) groups excluding carboxylic acids is 1. The fourth-order valence-electron chi connectivity index (χ4n) is 3.56. The third kappa shape index (κ3) is 3.75. The van der Waals surface area contributed by atoms with E-state index in [2.05, 4.69) is 21.5 Å². The van der Waals surface area contributed by atoms with E-state index in [0.29, 0.717) is 13.0 Å². The Balaban J connectivity index is 1.44. The zero-order valence-corrected chi connectivity index (χ0v) is 15.7. The Morgan fingerprint density at radius 1 is 1.18 bits per heavy atom. The van der Waals surface area contributed by atoms with Crippen LogP contribution >= 0.6 is 0 Å². The molecule has 0 spiro atoms. The third-order valence-electron chi connectivity index (χ3n) is 5.10. The minimum Gasteiger partial charge on any atom is -0.371 e. The van der Waals surface area contributed by atoms with Crippen LogP contribution in [0.1, 0.15) is 28.2 Å². The third-order valence-corrected chi connectivity index (χ3v) is 5.10. The summed E-state index contributed by atoms with van der Waals surface area (Å²) < 4.78 is 1.63. The Bertz CT molecular complexity index is 956. The number of para-hydroxylation sites is 1. The van der Waals surface area contributed by atoms with Gasteiger partial charge >= 0.3 is 0 Å². The monoisotopic (exact) mass is 377 g/mol. The largest absolute Gasteiger partial charge is 0.371 e. The van der Waals surface area contributed by atoms with Crippen molar-refractivity contribution in [3.63, 3.8) is 0 Å². The summed E-state index contributed by atoms with van der Waals surface area (Å²) in [5.41, 5.74) is 3.22. The molecule has 2 N–H and O–H groups in total. The van der Waals surface area contributed by atoms with Crippen molar-refractivity contribution >= 4 is 11.6 Å². The number of benzene rings is 2. The number of aliphatic hydroxyl groups excluding tert-OH is 1. The van der Waals surface area contributed by atoms with Gasteiger partial charge in [0.15, 0.2) is 0 Å². The lowest BCUT2D eigenvalue weighted by Crippen LogP contribution is -2.50. The van der Waals surface area contributed by atoms with E-state index in [1.54, 1.807) is 15.9 Å². The van der Waals surface area contributed by atoms with Crippen LogP contribution in [0.5, 0.6) is 0 Å². The molecule has 0 saturated heterocycles. The van der Waals surface area contributed by atoms with Gasteiger partial charge in [-0.15, -0.1) is 5.10 Å². The van der Waals surface area contributed by atoms with Crippen molar-refractivity contribution in [2.45, 2.75) is 31.7 Å². The molecule has 2 aromatic carbocycles. The first-order valence-electron chi connectivity index (χ1n) is 9.35. The molecule has 2 heterocycles. The Kier molecular flexibility index (Phi) is 5.08. The lowest BCUT2D eigenvalue weighted by Gasteiger charge is -2.30. The van der Waals surface area contributed by atoms with Gasteiger partial charge in [0, 0.05) is 12.7 Å². The van der Waals surface area contributed by atoms with E-state index in [-0.39, 0.29) is 11.7 Å². The number of hydrogen-bond acceptors (Lipinski definition) is 5. The molecular weight excluding hydrogens is 354 g/mol. The van der Waals surface area contributed by atoms with E-state index >= 15 is 0 Å². The number of amides is 1. The number of fused-ring (bicyclic) bond motifs is 1. The van der Waals surface area contributed by atoms with Gasteiger partial charge in [-0.25, -0.2) is 9.67 Å². The fraction of sp³-hybridized carbons (Fsp3) is 0.286. The average Bonchev–Trinajstić information content (AvgIpc) is 3.15. The number of carbonyl (C=O) groups is 1. The maximum Gasteiger partial charge on any atom is 0.291 e. The average molecular weight is 377 g/mol. The zero-order valence-electron chi connectivity index (χ0n) is 15.7. The van der Waals surface area contributed by atoms with E-state index in [0.717, 1.165) is 23.2 Å². The number of anilines is 1. The topological polar surface area (TPSA) is 83.3 Å². The highest BCUT2D eigenvalue weighted by Crippen LogP contribution is 2.27. The molecule has 2 atom stereocenters. The molecule has 1 aliphatic heterocycles. The standard InChI is InChI=1S/C21H23N5O2/c1-25-18-10-6-5-9-16(18)11-12-17(21(25)28)23-20(27)19-22-14-26(24-19)13-15-7-3-2-4-8-15/h2-10,14,17,21,28H,11-13H2,1H3,(H,23,27)/t17-,21?/m0/s1. The molecule has 0 aliphatic carbocycles. The molecule has 7 heteroatoms. The van der Waals surface area contributed by atoms with Crippen molar-refractivity contribution in [1.29, 1.82) is 0 Å². The number of aryl methyl sites for hydroxylation is 1. The van der Waals surface area contributed by atoms with Crippen molar-refractivity contribution in [2.75, 3.05) is 11.9 Å². The first-order valence-corrected chi connectivity index (χ1v) is 9.35. The summed E-state index contributed by atoms with van der Waals surface area (Å²) in [5, 5.41) is 17.9. The summed E-state index contributed by atoms with van der Waals surface area (Å²) >= 11 is 0. The summed E-state index contributed by atoms with van der Waals surface area (Å²) in [5.74, 6) is -0.275. The van der Waals surface area contributed by atoms with Crippen LogP contribution < -0.4 is 10.2 Å². The van der Waals surface area contributed by atoms with E-state index < -0.39 is 12.3 Å². The van der Waals surface area contributed by atoms with E-state index in [1.165, 1.54) is 0 Å². The smallest absolute Gasteiger partial charge is 0.291 e. The highest BCUT2D eigenvalue weighted by atomic mass is 16.3. The summed E-state index contributed by atoms with van der Waals surface area (Å²) in [7, 11) is 1.83. The summed E-state index contributed by atoms with van der Waals surface area (Å²) in [6.07, 6.45) is 2.14. The number of aromatic nitrogens is 3. The molecule has 3 aromatic rings. The second-order valence-corrected chi connectivity index (χ2v) is 7.02. The van der Waals surface area contributed by atoms with Crippen molar-refractivity contribution in [1.82, 2.24) is 20.1 Å². The van der Waals surface area contributed by atoms with Crippen molar-refractivity contribution in [2.24, 2.45) is 0 Å². The van der Waals surface area contributed by atoms with Gasteiger partial charge in [-0.2, -0.15) is 0 Å². The maximum atomic E-state index is 12.6. The molecular formula is C21H23N5O2. The molecule has 0 saturated carbocycles. The Hall–Kier alpha value is -3.19. The fourth-order valence-corrected chi connectivity index (χ4v) is 3.56. The van der Waals surface area contributed by atoms with Crippen LogP contribution in [0.4, 0.5) is 5.69 Å². The van der Waals surface area contributed by atoms with Crippen LogP contribution in [-0.4, -0.2) is 45.1 Å². The number of hydrogen-bond donors (Lipinski definition) is 2. The zero-order chi connectivity index (χ0) is 19.5.